The second-order valence-corrected chi connectivity index (χ2v) is 5.03. The van der Waals surface area contributed by atoms with Crippen LogP contribution >= 0.6 is 0 Å². The summed E-state index contributed by atoms with van der Waals surface area (Å²) in [5, 5.41) is 3.35. The fourth-order valence-electron chi connectivity index (χ4n) is 1.45. The molecule has 0 saturated carbocycles. The molecule has 0 atom stereocenters. The van der Waals surface area contributed by atoms with Gasteiger partial charge in [0.25, 0.3) is 0 Å². The number of aromatic nitrogens is 2. The van der Waals surface area contributed by atoms with Gasteiger partial charge in [-0.05, 0) is 5.41 Å². The molecule has 0 amide bonds. The highest BCUT2D eigenvalue weighted by molar-refractivity contribution is 5.34. The number of hydrogen-bond donors (Lipinski definition) is 1. The Labute approximate surface area is 103 Å². The molecule has 96 valence electrons. The number of nitrogens with one attached hydrogen (secondary N) is 1. The summed E-state index contributed by atoms with van der Waals surface area (Å²) in [5.41, 5.74) is 1.08. The van der Waals surface area contributed by atoms with Crippen LogP contribution in [-0.2, 0) is 6.54 Å². The van der Waals surface area contributed by atoms with Gasteiger partial charge in [0.15, 0.2) is 0 Å². The van der Waals surface area contributed by atoms with E-state index in [0.717, 1.165) is 12.1 Å². The minimum Gasteiger partial charge on any atom is -0.481 e. The van der Waals surface area contributed by atoms with Gasteiger partial charge in [-0.3, -0.25) is 0 Å². The molecule has 0 aliphatic carbocycles. The summed E-state index contributed by atoms with van der Waals surface area (Å²) in [6.07, 6.45) is 1.44. The van der Waals surface area contributed by atoms with Crippen molar-refractivity contribution in [2.24, 2.45) is 5.41 Å². The first-order valence-corrected chi connectivity index (χ1v) is 5.60. The van der Waals surface area contributed by atoms with E-state index in [1.807, 2.05) is 0 Å². The standard InChI is InChI=1S/C12H21N3O2/c1-12(2,3)7-13-6-9-10(16-4)14-8-15-11(9)17-5/h8,13H,6-7H2,1-5H3. The fraction of sp³-hybridized carbons (Fsp3) is 0.667. The van der Waals surface area contributed by atoms with Crippen molar-refractivity contribution >= 4 is 0 Å². The highest BCUT2D eigenvalue weighted by Gasteiger charge is 2.14. The maximum absolute atomic E-state index is 5.20. The lowest BCUT2D eigenvalue weighted by molar-refractivity contribution is 0.347. The van der Waals surface area contributed by atoms with Gasteiger partial charge in [-0.25, -0.2) is 9.97 Å². The first-order chi connectivity index (χ1) is 7.98. The monoisotopic (exact) mass is 239 g/mol. The Hall–Kier alpha value is -1.36. The molecule has 1 heterocycles. The largest absolute Gasteiger partial charge is 0.481 e. The van der Waals surface area contributed by atoms with Gasteiger partial charge in [0.2, 0.25) is 11.8 Å². The van der Waals surface area contributed by atoms with Crippen LogP contribution in [0.1, 0.15) is 26.3 Å². The van der Waals surface area contributed by atoms with E-state index in [9.17, 15) is 0 Å². The lowest BCUT2D eigenvalue weighted by atomic mass is 9.97. The molecule has 0 bridgehead atoms. The zero-order chi connectivity index (χ0) is 12.9. The molecule has 0 unspecified atom stereocenters. The van der Waals surface area contributed by atoms with E-state index in [-0.39, 0.29) is 5.41 Å². The lowest BCUT2D eigenvalue weighted by Gasteiger charge is -2.19. The molecule has 0 aromatic carbocycles. The molecule has 1 N–H and O–H groups in total. The van der Waals surface area contributed by atoms with Crippen molar-refractivity contribution in [3.05, 3.63) is 11.9 Å². The molecule has 0 aliphatic heterocycles. The maximum Gasteiger partial charge on any atom is 0.224 e. The third kappa shape index (κ3) is 4.19. The lowest BCUT2D eigenvalue weighted by Crippen LogP contribution is -2.27. The SMILES string of the molecule is COc1ncnc(OC)c1CNCC(C)(C)C. The zero-order valence-corrected chi connectivity index (χ0v) is 11.2. The maximum atomic E-state index is 5.20. The van der Waals surface area contributed by atoms with Gasteiger partial charge in [0.05, 0.1) is 19.8 Å². The van der Waals surface area contributed by atoms with Gasteiger partial charge in [-0.15, -0.1) is 0 Å². The first-order valence-electron chi connectivity index (χ1n) is 5.60. The Morgan fingerprint density at radius 1 is 1.12 bits per heavy atom. The van der Waals surface area contributed by atoms with Crippen molar-refractivity contribution < 1.29 is 9.47 Å². The van der Waals surface area contributed by atoms with E-state index in [2.05, 4.69) is 36.1 Å². The summed E-state index contributed by atoms with van der Waals surface area (Å²) >= 11 is 0. The highest BCUT2D eigenvalue weighted by Crippen LogP contribution is 2.23. The van der Waals surface area contributed by atoms with Crippen LogP contribution in [-0.4, -0.2) is 30.7 Å². The molecule has 17 heavy (non-hydrogen) atoms. The van der Waals surface area contributed by atoms with Gasteiger partial charge < -0.3 is 14.8 Å². The van der Waals surface area contributed by atoms with Crippen molar-refractivity contribution in [3.8, 4) is 11.8 Å². The van der Waals surface area contributed by atoms with E-state index in [4.69, 9.17) is 9.47 Å². The Morgan fingerprint density at radius 2 is 1.65 bits per heavy atom. The topological polar surface area (TPSA) is 56.3 Å². The second kappa shape index (κ2) is 5.82. The van der Waals surface area contributed by atoms with Gasteiger partial charge in [-0.1, -0.05) is 20.8 Å². The Bertz CT molecular complexity index is 339. The molecule has 1 aromatic rings. The van der Waals surface area contributed by atoms with Crippen LogP contribution in [0.2, 0.25) is 0 Å². The van der Waals surface area contributed by atoms with Crippen molar-refractivity contribution in [1.29, 1.82) is 0 Å². The van der Waals surface area contributed by atoms with Crippen LogP contribution < -0.4 is 14.8 Å². The third-order valence-corrected chi connectivity index (χ3v) is 2.21. The predicted molar refractivity (Wildman–Crippen MR) is 66.3 cm³/mol. The summed E-state index contributed by atoms with van der Waals surface area (Å²) in [4.78, 5) is 8.14. The number of methoxy groups -OCH3 is 2. The molecule has 0 aliphatic rings. The van der Waals surface area contributed by atoms with Crippen molar-refractivity contribution in [2.45, 2.75) is 27.3 Å². The molecule has 5 heteroatoms. The Kier molecular flexibility index (Phi) is 4.69. The van der Waals surface area contributed by atoms with E-state index in [1.54, 1.807) is 14.2 Å². The number of rotatable bonds is 5. The van der Waals surface area contributed by atoms with Crippen LogP contribution in [0.5, 0.6) is 11.8 Å². The Balaban J connectivity index is 2.74. The van der Waals surface area contributed by atoms with Crippen molar-refractivity contribution in [1.82, 2.24) is 15.3 Å². The summed E-state index contributed by atoms with van der Waals surface area (Å²) in [6, 6.07) is 0. The van der Waals surface area contributed by atoms with Gasteiger partial charge in [-0.2, -0.15) is 0 Å². The van der Waals surface area contributed by atoms with E-state index < -0.39 is 0 Å². The molecule has 0 fully saturated rings. The molecule has 0 radical (unpaired) electrons. The molecule has 1 aromatic heterocycles. The minimum atomic E-state index is 0.232. The second-order valence-electron chi connectivity index (χ2n) is 5.03. The third-order valence-electron chi connectivity index (χ3n) is 2.21. The first kappa shape index (κ1) is 13.7. The fourth-order valence-corrected chi connectivity index (χ4v) is 1.45. The number of hydrogen-bond acceptors (Lipinski definition) is 5. The zero-order valence-electron chi connectivity index (χ0n) is 11.2. The van der Waals surface area contributed by atoms with Crippen LogP contribution in [0.4, 0.5) is 0 Å². The molecular formula is C12H21N3O2. The van der Waals surface area contributed by atoms with Gasteiger partial charge >= 0.3 is 0 Å². The van der Waals surface area contributed by atoms with Crippen molar-refractivity contribution in [2.75, 3.05) is 20.8 Å². The molecule has 5 nitrogen and oxygen atoms in total. The number of nitrogens with zero attached hydrogens (tertiary/aromatic N) is 2. The van der Waals surface area contributed by atoms with Crippen LogP contribution in [0.25, 0.3) is 0 Å². The van der Waals surface area contributed by atoms with Crippen LogP contribution in [0.15, 0.2) is 6.33 Å². The van der Waals surface area contributed by atoms with Gasteiger partial charge in [0, 0.05) is 13.1 Å². The smallest absolute Gasteiger partial charge is 0.224 e. The summed E-state index contributed by atoms with van der Waals surface area (Å²) in [6.45, 7) is 8.06. The quantitative estimate of drug-likeness (QED) is 0.846. The minimum absolute atomic E-state index is 0.232. The predicted octanol–water partition coefficient (Wildman–Crippen LogP) is 1.63. The van der Waals surface area contributed by atoms with Gasteiger partial charge in [0.1, 0.15) is 6.33 Å². The normalized spacial score (nSPS) is 11.4. The van der Waals surface area contributed by atoms with Crippen LogP contribution in [0.3, 0.4) is 0 Å². The van der Waals surface area contributed by atoms with E-state index in [1.165, 1.54) is 6.33 Å². The summed E-state index contributed by atoms with van der Waals surface area (Å²) in [5.74, 6) is 1.11. The summed E-state index contributed by atoms with van der Waals surface area (Å²) in [7, 11) is 3.18. The number of ether oxygens (including phenoxy) is 2. The Morgan fingerprint density at radius 3 is 2.06 bits per heavy atom. The van der Waals surface area contributed by atoms with E-state index >= 15 is 0 Å². The molecule has 1 rings (SSSR count). The van der Waals surface area contributed by atoms with Crippen LogP contribution in [0, 0.1) is 5.41 Å². The molecular weight excluding hydrogens is 218 g/mol. The highest BCUT2D eigenvalue weighted by atomic mass is 16.5. The molecule has 0 saturated heterocycles. The molecule has 0 spiro atoms. The summed E-state index contributed by atoms with van der Waals surface area (Å²) < 4.78 is 10.4. The average molecular weight is 239 g/mol. The van der Waals surface area contributed by atoms with Crippen molar-refractivity contribution in [3.63, 3.8) is 0 Å². The average Bonchev–Trinajstić information content (AvgIpc) is 2.27. The van der Waals surface area contributed by atoms with E-state index in [0.29, 0.717) is 18.3 Å².